The number of nitrogens with one attached hydrogen (secondary N) is 5. The number of nitrogens with zero attached hydrogens (tertiary/aromatic N) is 1. The minimum absolute atomic E-state index is 0.0296. The summed E-state index contributed by atoms with van der Waals surface area (Å²) in [5, 5.41) is 26.2. The molecule has 0 spiro atoms. The number of hydrogen-bond acceptors (Lipinski definition) is 8. The molecule has 2 unspecified atom stereocenters. The van der Waals surface area contributed by atoms with Gasteiger partial charge < -0.3 is 26.4 Å². The first-order chi connectivity index (χ1) is 22.9. The average molecular weight is 695 g/mol. The van der Waals surface area contributed by atoms with Crippen LogP contribution in [0.1, 0.15) is 66.0 Å². The maximum atomic E-state index is 13.8. The van der Waals surface area contributed by atoms with E-state index in [1.165, 1.54) is 11.8 Å². The van der Waals surface area contributed by atoms with Crippen molar-refractivity contribution in [1.82, 2.24) is 31.5 Å². The Morgan fingerprint density at radius 3 is 2.16 bits per heavy atom. The highest BCUT2D eigenvalue weighted by atomic mass is 32.2. The van der Waals surface area contributed by atoms with Gasteiger partial charge in [-0.25, -0.2) is 0 Å². The van der Waals surface area contributed by atoms with Crippen LogP contribution in [0.15, 0.2) is 60.7 Å². The van der Waals surface area contributed by atoms with Gasteiger partial charge in [-0.2, -0.15) is 0 Å². The lowest BCUT2D eigenvalue weighted by molar-refractivity contribution is -0.129. The van der Waals surface area contributed by atoms with Gasteiger partial charge in [0.2, 0.25) is 23.6 Å². The normalized spacial score (nSPS) is 24.3. The molecule has 2 fully saturated rings. The van der Waals surface area contributed by atoms with Gasteiger partial charge in [0.1, 0.15) is 12.1 Å². The van der Waals surface area contributed by atoms with Crippen LogP contribution in [0.25, 0.3) is 0 Å². The Labute approximate surface area is 295 Å². The Morgan fingerprint density at radius 1 is 0.959 bits per heavy atom. The predicted octanol–water partition coefficient (Wildman–Crippen LogP) is 2.33. The summed E-state index contributed by atoms with van der Waals surface area (Å²) in [7, 11) is 0. The van der Waals surface area contributed by atoms with E-state index < -0.39 is 39.4 Å². The summed E-state index contributed by atoms with van der Waals surface area (Å²) in [6.45, 7) is 14.9. The van der Waals surface area contributed by atoms with Gasteiger partial charge in [-0.3, -0.25) is 29.4 Å². The summed E-state index contributed by atoms with van der Waals surface area (Å²) in [5.41, 5.74) is 0.0268. The molecule has 0 aliphatic carbocycles. The van der Waals surface area contributed by atoms with E-state index in [-0.39, 0.29) is 62.0 Å². The van der Waals surface area contributed by atoms with Crippen molar-refractivity contribution in [1.29, 1.82) is 0 Å². The summed E-state index contributed by atoms with van der Waals surface area (Å²) in [6.07, 6.45) is 0.299. The molecule has 2 heterocycles. The maximum absolute atomic E-state index is 13.8. The van der Waals surface area contributed by atoms with E-state index in [9.17, 15) is 24.3 Å². The van der Waals surface area contributed by atoms with Gasteiger partial charge in [0.05, 0.1) is 23.4 Å². The molecule has 2 aromatic carbocycles. The topological polar surface area (TPSA) is 152 Å². The first-order valence-corrected chi connectivity index (χ1v) is 18.0. The molecule has 0 bridgehead atoms. The van der Waals surface area contributed by atoms with E-state index in [1.807, 2.05) is 100 Å². The largest absolute Gasteiger partial charge is 0.387 e. The zero-order valence-electron chi connectivity index (χ0n) is 29.8. The molecule has 49 heavy (non-hydrogen) atoms. The first-order valence-electron chi connectivity index (χ1n) is 17.1. The zero-order valence-corrected chi connectivity index (χ0v) is 30.7. The Bertz CT molecular complexity index is 1450. The van der Waals surface area contributed by atoms with Crippen LogP contribution in [0.2, 0.25) is 0 Å². The third kappa shape index (κ3) is 11.0. The van der Waals surface area contributed by atoms with Crippen LogP contribution in [-0.2, 0) is 32.1 Å². The van der Waals surface area contributed by atoms with E-state index in [0.29, 0.717) is 6.54 Å². The molecule has 0 aromatic heterocycles. The van der Waals surface area contributed by atoms with Crippen molar-refractivity contribution in [3.8, 4) is 0 Å². The molecule has 11 nitrogen and oxygen atoms in total. The van der Waals surface area contributed by atoms with E-state index in [0.717, 1.165) is 11.1 Å². The molecule has 6 N–H and O–H groups in total. The molecule has 12 heteroatoms. The third-order valence-corrected chi connectivity index (χ3v) is 10.1. The summed E-state index contributed by atoms with van der Waals surface area (Å²) in [5.74, 6) is -0.856. The molecule has 4 rings (SSSR count). The maximum Gasteiger partial charge on any atom is 0.245 e. The fraction of sp³-hybridized carbons (Fsp3) is 0.568. The highest BCUT2D eigenvalue weighted by Crippen LogP contribution is 2.39. The predicted molar refractivity (Wildman–Crippen MR) is 193 cm³/mol. The van der Waals surface area contributed by atoms with Crippen LogP contribution < -0.4 is 26.6 Å². The number of carbonyl (C=O) groups excluding carboxylic acids is 4. The van der Waals surface area contributed by atoms with E-state index in [1.54, 1.807) is 0 Å². The molecule has 2 aromatic rings. The SMILES string of the molecule is CC(C)CN1CC(O)(CNC(=O)[C@@H]2N[C@@H](C(NC(=O)Cc3ccccc3)C(=O)NCc3ccccc3)SC2(C)C)C[C@H]1C(=O)NC(C)(C)C. The Kier molecular flexibility index (Phi) is 12.6. The van der Waals surface area contributed by atoms with Crippen molar-refractivity contribution in [2.75, 3.05) is 19.6 Å². The highest BCUT2D eigenvalue weighted by molar-refractivity contribution is 8.01. The molecule has 268 valence electrons. The van der Waals surface area contributed by atoms with Crippen molar-refractivity contribution in [2.24, 2.45) is 5.92 Å². The van der Waals surface area contributed by atoms with Gasteiger partial charge in [-0.05, 0) is 51.7 Å². The van der Waals surface area contributed by atoms with Gasteiger partial charge >= 0.3 is 0 Å². The number of hydrogen-bond donors (Lipinski definition) is 6. The Morgan fingerprint density at radius 2 is 1.57 bits per heavy atom. The molecular formula is C37H54N6O5S. The average Bonchev–Trinajstić information content (AvgIpc) is 3.52. The summed E-state index contributed by atoms with van der Waals surface area (Å²) < 4.78 is -0.659. The second kappa shape index (κ2) is 16.1. The number of likely N-dealkylation sites (tertiary alicyclic amines) is 1. The van der Waals surface area contributed by atoms with Crippen LogP contribution in [0.3, 0.4) is 0 Å². The van der Waals surface area contributed by atoms with Gasteiger partial charge in [-0.15, -0.1) is 11.8 Å². The van der Waals surface area contributed by atoms with Crippen LogP contribution >= 0.6 is 11.8 Å². The van der Waals surface area contributed by atoms with Crippen LogP contribution in [0.5, 0.6) is 0 Å². The van der Waals surface area contributed by atoms with Gasteiger partial charge in [0.15, 0.2) is 0 Å². The highest BCUT2D eigenvalue weighted by Gasteiger charge is 2.51. The standard InChI is InChI=1S/C37H54N6O5S/c1-24(2)21-43-23-37(48,19-27(43)31(45)42-35(3,4)5)22-39-33(47)30-36(6,7)49-34(41-30)29(32(46)38-20-26-16-12-9-13-17-26)40-28(44)18-25-14-10-8-11-15-25/h8-17,24,27,29-30,34,41,48H,18-23H2,1-7H3,(H,38,46)(H,39,47)(H,40,44)(H,42,45)/t27-,29?,30-,34+,37?/m0/s1. The lowest BCUT2D eigenvalue weighted by atomic mass is 9.97. The van der Waals surface area contributed by atoms with E-state index in [4.69, 9.17) is 0 Å². The molecule has 2 aliphatic heterocycles. The molecule has 0 radical (unpaired) electrons. The number of β-amino-alcohol motifs (C(OH)–C–C–N with tert-alkyl or cyclic N) is 1. The lowest BCUT2D eigenvalue weighted by Gasteiger charge is -2.29. The van der Waals surface area contributed by atoms with Crippen LogP contribution in [-0.4, -0.2) is 92.7 Å². The third-order valence-electron chi connectivity index (χ3n) is 8.64. The fourth-order valence-corrected chi connectivity index (χ4v) is 7.92. The van der Waals surface area contributed by atoms with Crippen molar-refractivity contribution < 1.29 is 24.3 Å². The zero-order chi connectivity index (χ0) is 36.0. The van der Waals surface area contributed by atoms with Gasteiger partial charge in [0, 0.05) is 42.9 Å². The number of aliphatic hydroxyl groups is 1. The summed E-state index contributed by atoms with van der Waals surface area (Å²) in [4.78, 5) is 55.8. The molecule has 5 atom stereocenters. The molecule has 0 saturated carbocycles. The van der Waals surface area contributed by atoms with Gasteiger partial charge in [-0.1, -0.05) is 74.5 Å². The van der Waals surface area contributed by atoms with Crippen molar-refractivity contribution in [2.45, 2.75) is 107 Å². The summed E-state index contributed by atoms with van der Waals surface area (Å²) in [6, 6.07) is 16.6. The fourth-order valence-electron chi connectivity index (χ4n) is 6.43. The molecule has 2 aliphatic rings. The lowest BCUT2D eigenvalue weighted by Crippen LogP contribution is -2.58. The van der Waals surface area contributed by atoms with Gasteiger partial charge in [0.25, 0.3) is 0 Å². The Hall–Kier alpha value is -3.45. The Balaban J connectivity index is 1.44. The molecule has 2 saturated heterocycles. The first kappa shape index (κ1) is 38.4. The van der Waals surface area contributed by atoms with Crippen molar-refractivity contribution >= 4 is 35.4 Å². The van der Waals surface area contributed by atoms with Crippen LogP contribution in [0.4, 0.5) is 0 Å². The van der Waals surface area contributed by atoms with E-state index in [2.05, 4.69) is 40.4 Å². The number of rotatable bonds is 13. The second-order valence-corrected chi connectivity index (χ2v) is 17.2. The monoisotopic (exact) mass is 694 g/mol. The van der Waals surface area contributed by atoms with Crippen LogP contribution in [0, 0.1) is 5.92 Å². The summed E-state index contributed by atoms with van der Waals surface area (Å²) >= 11 is 1.41. The number of benzene rings is 2. The van der Waals surface area contributed by atoms with Crippen molar-refractivity contribution in [3.05, 3.63) is 71.8 Å². The second-order valence-electron chi connectivity index (χ2n) is 15.4. The number of thioether (sulfide) groups is 1. The van der Waals surface area contributed by atoms with E-state index >= 15 is 0 Å². The smallest absolute Gasteiger partial charge is 0.245 e. The molecular weight excluding hydrogens is 641 g/mol. The minimum Gasteiger partial charge on any atom is -0.387 e. The quantitative estimate of drug-likeness (QED) is 0.187. The number of amides is 4. The molecule has 4 amide bonds. The number of carbonyl (C=O) groups is 4. The minimum atomic E-state index is -1.30. The van der Waals surface area contributed by atoms with Crippen molar-refractivity contribution in [3.63, 3.8) is 0 Å².